The molecule has 0 radical (unpaired) electrons. The van der Waals surface area contributed by atoms with Gasteiger partial charge in [-0.2, -0.15) is 13.2 Å². The molecule has 0 aromatic heterocycles. The molecule has 0 heterocycles. The molecule has 0 saturated carbocycles. The molecule has 0 spiro atoms. The number of benzene rings is 1. The van der Waals surface area contributed by atoms with Crippen LogP contribution in [0.15, 0.2) is 22.7 Å². The van der Waals surface area contributed by atoms with Gasteiger partial charge in [-0.25, -0.2) is 0 Å². The van der Waals surface area contributed by atoms with E-state index in [-0.39, 0.29) is 11.3 Å². The molecule has 16 heavy (non-hydrogen) atoms. The van der Waals surface area contributed by atoms with Crippen molar-refractivity contribution in [1.29, 1.82) is 0 Å². The smallest absolute Gasteiger partial charge is 0.422 e. The third-order valence-corrected chi connectivity index (χ3v) is 2.30. The van der Waals surface area contributed by atoms with Gasteiger partial charge in [0.15, 0.2) is 12.9 Å². The van der Waals surface area contributed by atoms with Gasteiger partial charge >= 0.3 is 6.18 Å². The van der Waals surface area contributed by atoms with Crippen LogP contribution in [0.5, 0.6) is 5.75 Å². The minimum Gasteiger partial charge on any atom is -0.483 e. The van der Waals surface area contributed by atoms with Gasteiger partial charge in [-0.3, -0.25) is 0 Å². The van der Waals surface area contributed by atoms with E-state index in [1.54, 1.807) is 0 Å². The first-order valence-electron chi connectivity index (χ1n) is 4.15. The number of hydrogen-bond donors (Lipinski definition) is 2. The average molecular weight is 301 g/mol. The lowest BCUT2D eigenvalue weighted by atomic mass is 10.2. The summed E-state index contributed by atoms with van der Waals surface area (Å²) in [5.74, 6) is -0.0945. The first kappa shape index (κ1) is 13.3. The highest BCUT2D eigenvalue weighted by Crippen LogP contribution is 2.29. The minimum absolute atomic E-state index is 0.0559. The lowest BCUT2D eigenvalue weighted by Gasteiger charge is -2.12. The fourth-order valence-corrected chi connectivity index (χ4v) is 1.31. The van der Waals surface area contributed by atoms with Crippen LogP contribution in [-0.2, 0) is 0 Å². The molecule has 0 aliphatic rings. The Kier molecular flexibility index (Phi) is 4.17. The molecule has 0 fully saturated rings. The van der Waals surface area contributed by atoms with Crippen molar-refractivity contribution in [2.24, 2.45) is 0 Å². The third kappa shape index (κ3) is 3.99. The molecule has 0 atom stereocenters. The van der Waals surface area contributed by atoms with E-state index in [0.717, 1.165) is 6.07 Å². The summed E-state index contributed by atoms with van der Waals surface area (Å²) in [7, 11) is 0. The first-order chi connectivity index (χ1) is 7.29. The van der Waals surface area contributed by atoms with E-state index in [2.05, 4.69) is 20.7 Å². The molecule has 1 aromatic carbocycles. The summed E-state index contributed by atoms with van der Waals surface area (Å²) >= 11 is 2.99. The fourth-order valence-electron chi connectivity index (χ4n) is 0.951. The molecule has 2 N–H and O–H groups in total. The predicted molar refractivity (Wildman–Crippen MR) is 52.9 cm³/mol. The second-order valence-electron chi connectivity index (χ2n) is 2.97. The largest absolute Gasteiger partial charge is 0.483 e. The quantitative estimate of drug-likeness (QED) is 0.843. The highest BCUT2D eigenvalue weighted by molar-refractivity contribution is 9.10. The van der Waals surface area contributed by atoms with E-state index >= 15 is 0 Å². The summed E-state index contributed by atoms with van der Waals surface area (Å²) in [4.78, 5) is 0. The Morgan fingerprint density at radius 2 is 1.94 bits per heavy atom. The van der Waals surface area contributed by atoms with Crippen molar-refractivity contribution < 1.29 is 28.1 Å². The van der Waals surface area contributed by atoms with Crippen molar-refractivity contribution in [2.45, 2.75) is 12.5 Å². The van der Waals surface area contributed by atoms with E-state index in [9.17, 15) is 13.2 Å². The Balaban J connectivity index is 2.82. The molecular weight excluding hydrogens is 293 g/mol. The van der Waals surface area contributed by atoms with Gasteiger partial charge in [0.1, 0.15) is 5.75 Å². The fraction of sp³-hybridized carbons (Fsp3) is 0.333. The van der Waals surface area contributed by atoms with E-state index < -0.39 is 19.1 Å². The van der Waals surface area contributed by atoms with Gasteiger partial charge in [0.2, 0.25) is 0 Å². The number of halogens is 4. The van der Waals surface area contributed by atoms with Gasteiger partial charge in [0.05, 0.1) is 4.47 Å². The summed E-state index contributed by atoms with van der Waals surface area (Å²) in [6.45, 7) is -1.43. The van der Waals surface area contributed by atoms with Crippen LogP contribution in [0.3, 0.4) is 0 Å². The average Bonchev–Trinajstić information content (AvgIpc) is 2.14. The highest BCUT2D eigenvalue weighted by atomic mass is 79.9. The zero-order valence-corrected chi connectivity index (χ0v) is 9.42. The van der Waals surface area contributed by atoms with Gasteiger partial charge in [0.25, 0.3) is 0 Å². The number of alkyl halides is 3. The molecule has 3 nitrogen and oxygen atoms in total. The van der Waals surface area contributed by atoms with E-state index in [4.69, 9.17) is 10.2 Å². The highest BCUT2D eigenvalue weighted by Gasteiger charge is 2.28. The molecule has 90 valence electrons. The standard InChI is InChI=1S/C9H8BrF3O3/c10-6-2-1-5(8(14)15)3-7(6)16-4-9(11,12)13/h1-3,8,14-15H,4H2. The Morgan fingerprint density at radius 3 is 2.44 bits per heavy atom. The topological polar surface area (TPSA) is 49.7 Å². The predicted octanol–water partition coefficient (Wildman–Crippen LogP) is 2.37. The summed E-state index contributed by atoms with van der Waals surface area (Å²) < 4.78 is 40.5. The molecular formula is C9H8BrF3O3. The zero-order valence-electron chi connectivity index (χ0n) is 7.83. The number of aliphatic hydroxyl groups is 2. The van der Waals surface area contributed by atoms with Crippen molar-refractivity contribution in [1.82, 2.24) is 0 Å². The molecule has 0 unspecified atom stereocenters. The molecule has 7 heteroatoms. The van der Waals surface area contributed by atoms with Gasteiger partial charge in [0, 0.05) is 5.56 Å². The SMILES string of the molecule is OC(O)c1ccc(Br)c(OCC(F)(F)F)c1. The monoisotopic (exact) mass is 300 g/mol. The Hall–Kier alpha value is -0.790. The van der Waals surface area contributed by atoms with Crippen molar-refractivity contribution in [2.75, 3.05) is 6.61 Å². The molecule has 0 aliphatic heterocycles. The minimum atomic E-state index is -4.44. The van der Waals surface area contributed by atoms with Crippen LogP contribution < -0.4 is 4.74 Å². The van der Waals surface area contributed by atoms with Crippen LogP contribution in [0, 0.1) is 0 Å². The Bertz CT molecular complexity index is 366. The Labute approximate surface area is 97.6 Å². The van der Waals surface area contributed by atoms with E-state index in [0.29, 0.717) is 4.47 Å². The van der Waals surface area contributed by atoms with E-state index in [1.807, 2.05) is 0 Å². The number of ether oxygens (including phenoxy) is 1. The third-order valence-electron chi connectivity index (χ3n) is 1.64. The molecule has 0 bridgehead atoms. The molecule has 0 aliphatic carbocycles. The van der Waals surface area contributed by atoms with Crippen LogP contribution in [-0.4, -0.2) is 23.0 Å². The van der Waals surface area contributed by atoms with Crippen LogP contribution in [0.4, 0.5) is 13.2 Å². The number of aliphatic hydroxyl groups excluding tert-OH is 1. The summed E-state index contributed by atoms with van der Waals surface area (Å²) in [6.07, 6.45) is -6.19. The van der Waals surface area contributed by atoms with E-state index in [1.165, 1.54) is 12.1 Å². The normalized spacial score (nSPS) is 11.9. The summed E-state index contributed by atoms with van der Waals surface area (Å²) in [5, 5.41) is 17.7. The maximum Gasteiger partial charge on any atom is 0.422 e. The molecule has 0 saturated heterocycles. The van der Waals surface area contributed by atoms with Crippen LogP contribution >= 0.6 is 15.9 Å². The first-order valence-corrected chi connectivity index (χ1v) is 4.94. The molecule has 1 aromatic rings. The maximum absolute atomic E-state index is 11.9. The van der Waals surface area contributed by atoms with Crippen molar-refractivity contribution in [3.63, 3.8) is 0 Å². The van der Waals surface area contributed by atoms with Gasteiger partial charge in [-0.1, -0.05) is 6.07 Å². The Morgan fingerprint density at radius 1 is 1.31 bits per heavy atom. The molecule has 0 amide bonds. The van der Waals surface area contributed by atoms with Crippen molar-refractivity contribution in [3.05, 3.63) is 28.2 Å². The van der Waals surface area contributed by atoms with Crippen molar-refractivity contribution in [3.8, 4) is 5.75 Å². The lowest BCUT2D eigenvalue weighted by molar-refractivity contribution is -0.153. The summed E-state index contributed by atoms with van der Waals surface area (Å²) in [5.41, 5.74) is 0.0559. The lowest BCUT2D eigenvalue weighted by Crippen LogP contribution is -2.19. The zero-order chi connectivity index (χ0) is 12.3. The van der Waals surface area contributed by atoms with Crippen LogP contribution in [0.2, 0.25) is 0 Å². The van der Waals surface area contributed by atoms with Crippen LogP contribution in [0.25, 0.3) is 0 Å². The van der Waals surface area contributed by atoms with Crippen molar-refractivity contribution >= 4 is 15.9 Å². The van der Waals surface area contributed by atoms with Gasteiger partial charge in [-0.05, 0) is 28.1 Å². The number of rotatable bonds is 3. The number of hydrogen-bond acceptors (Lipinski definition) is 3. The maximum atomic E-state index is 11.9. The second kappa shape index (κ2) is 5.03. The molecule has 1 rings (SSSR count). The summed E-state index contributed by atoms with van der Waals surface area (Å²) in [6, 6.07) is 3.86. The van der Waals surface area contributed by atoms with Gasteiger partial charge in [-0.15, -0.1) is 0 Å². The van der Waals surface area contributed by atoms with Crippen LogP contribution in [0.1, 0.15) is 11.9 Å². The van der Waals surface area contributed by atoms with Gasteiger partial charge < -0.3 is 14.9 Å². The second-order valence-corrected chi connectivity index (χ2v) is 3.82.